The Morgan fingerprint density at radius 2 is 1.82 bits per heavy atom. The summed E-state index contributed by atoms with van der Waals surface area (Å²) >= 11 is 0. The van der Waals surface area contributed by atoms with Gasteiger partial charge in [0.05, 0.1) is 7.11 Å². The Hall–Kier alpha value is -1.97. The van der Waals surface area contributed by atoms with Crippen LogP contribution in [0.15, 0.2) is 41.4 Å². The first-order valence-electron chi connectivity index (χ1n) is 9.48. The van der Waals surface area contributed by atoms with Crippen LogP contribution in [0, 0.1) is 0 Å². The number of nitrogens with zero attached hydrogens (tertiary/aromatic N) is 3. The number of halogens is 1. The average molecular weight is 499 g/mol. The smallest absolute Gasteiger partial charge is 0.409 e. The number of aliphatic imine (C=N–C) groups is 1. The summed E-state index contributed by atoms with van der Waals surface area (Å²) in [6, 6.07) is 8.96. The van der Waals surface area contributed by atoms with Crippen molar-refractivity contribution in [1.29, 1.82) is 0 Å². The minimum Gasteiger partial charge on any atom is -0.453 e. The van der Waals surface area contributed by atoms with Gasteiger partial charge < -0.3 is 25.2 Å². The lowest BCUT2D eigenvalue weighted by Gasteiger charge is -2.32. The van der Waals surface area contributed by atoms with Crippen molar-refractivity contribution in [3.8, 4) is 0 Å². The van der Waals surface area contributed by atoms with Crippen LogP contribution in [0.5, 0.6) is 0 Å². The predicted molar refractivity (Wildman–Crippen MR) is 124 cm³/mol. The van der Waals surface area contributed by atoms with E-state index in [1.807, 2.05) is 0 Å². The number of hydrogen-bond acceptors (Lipinski definition) is 4. The van der Waals surface area contributed by atoms with Crippen LogP contribution < -0.4 is 15.5 Å². The molecule has 0 bridgehead atoms. The molecule has 8 heteroatoms. The Balaban J connectivity index is 0.00000280. The molecule has 0 radical (unpaired) electrons. The van der Waals surface area contributed by atoms with E-state index in [2.05, 4.69) is 56.9 Å². The summed E-state index contributed by atoms with van der Waals surface area (Å²) < 4.78 is 4.78. The summed E-state index contributed by atoms with van der Waals surface area (Å²) in [5.41, 5.74) is 2.47. The number of hydrogen-bond donors (Lipinski definition) is 2. The maximum atomic E-state index is 11.6. The molecule has 2 aliphatic rings. The van der Waals surface area contributed by atoms with Crippen LogP contribution in [0.3, 0.4) is 0 Å². The molecule has 2 aliphatic heterocycles. The monoisotopic (exact) mass is 499 g/mol. The number of rotatable bonds is 4. The molecule has 0 aromatic heterocycles. The molecule has 0 aliphatic carbocycles. The highest BCUT2D eigenvalue weighted by molar-refractivity contribution is 14.0. The van der Waals surface area contributed by atoms with Gasteiger partial charge in [0, 0.05) is 51.5 Å². The van der Waals surface area contributed by atoms with Gasteiger partial charge in [-0.2, -0.15) is 0 Å². The third kappa shape index (κ3) is 6.02. The van der Waals surface area contributed by atoms with Crippen LogP contribution in [0.4, 0.5) is 10.5 Å². The molecule has 1 aromatic rings. The van der Waals surface area contributed by atoms with Crippen molar-refractivity contribution in [1.82, 2.24) is 15.5 Å². The normalized spacial score (nSPS) is 17.3. The van der Waals surface area contributed by atoms with Crippen LogP contribution in [0.25, 0.3) is 0 Å². The Labute approximate surface area is 184 Å². The van der Waals surface area contributed by atoms with Gasteiger partial charge in [0.1, 0.15) is 0 Å². The fourth-order valence-electron chi connectivity index (χ4n) is 3.42. The first-order valence-corrected chi connectivity index (χ1v) is 9.48. The molecule has 154 valence electrons. The largest absolute Gasteiger partial charge is 0.453 e. The number of guanidine groups is 1. The Morgan fingerprint density at radius 3 is 2.39 bits per heavy atom. The lowest BCUT2D eigenvalue weighted by atomic mass is 10.1. The zero-order chi connectivity index (χ0) is 19.1. The molecule has 28 heavy (non-hydrogen) atoms. The van der Waals surface area contributed by atoms with E-state index in [1.54, 1.807) is 11.9 Å². The minimum absolute atomic E-state index is 0. The summed E-state index contributed by atoms with van der Waals surface area (Å²) in [6.45, 7) is 4.10. The van der Waals surface area contributed by atoms with Gasteiger partial charge in [-0.15, -0.1) is 24.0 Å². The summed E-state index contributed by atoms with van der Waals surface area (Å²) in [4.78, 5) is 20.0. The zero-order valence-electron chi connectivity index (χ0n) is 16.6. The van der Waals surface area contributed by atoms with Gasteiger partial charge in [-0.3, -0.25) is 4.99 Å². The third-order valence-electron chi connectivity index (χ3n) is 5.07. The Bertz CT molecular complexity index is 676. The maximum absolute atomic E-state index is 11.6. The second-order valence-electron chi connectivity index (χ2n) is 6.84. The van der Waals surface area contributed by atoms with Crippen LogP contribution in [0.2, 0.25) is 0 Å². The van der Waals surface area contributed by atoms with Gasteiger partial charge in [0.15, 0.2) is 5.96 Å². The van der Waals surface area contributed by atoms with Gasteiger partial charge in [0.25, 0.3) is 0 Å². The molecule has 0 spiro atoms. The topological polar surface area (TPSA) is 69.2 Å². The zero-order valence-corrected chi connectivity index (χ0v) is 18.9. The van der Waals surface area contributed by atoms with Gasteiger partial charge in [-0.1, -0.05) is 24.3 Å². The lowest BCUT2D eigenvalue weighted by Crippen LogP contribution is -2.49. The van der Waals surface area contributed by atoms with Gasteiger partial charge in [-0.05, 0) is 30.5 Å². The molecule has 1 amide bonds. The number of carbonyl (C=O) groups is 1. The van der Waals surface area contributed by atoms with Crippen molar-refractivity contribution < 1.29 is 9.53 Å². The van der Waals surface area contributed by atoms with Gasteiger partial charge >= 0.3 is 6.09 Å². The Kier molecular flexibility index (Phi) is 8.88. The number of piperidine rings is 1. The van der Waals surface area contributed by atoms with E-state index >= 15 is 0 Å². The number of benzene rings is 1. The summed E-state index contributed by atoms with van der Waals surface area (Å²) in [5, 5.41) is 6.83. The van der Waals surface area contributed by atoms with Crippen LogP contribution in [-0.4, -0.2) is 63.3 Å². The average Bonchev–Trinajstić information content (AvgIpc) is 3.26. The SMILES string of the molecule is CN=C(NCc1ccc(N2CC=CC2)cc1)NC1CCN(C(=O)OC)CC1.I. The van der Waals surface area contributed by atoms with Crippen LogP contribution in [0.1, 0.15) is 18.4 Å². The quantitative estimate of drug-likeness (QED) is 0.289. The first-order chi connectivity index (χ1) is 13.2. The van der Waals surface area contributed by atoms with E-state index in [0.29, 0.717) is 19.1 Å². The molecule has 3 rings (SSSR count). The highest BCUT2D eigenvalue weighted by Crippen LogP contribution is 2.17. The number of carbonyl (C=O) groups excluding carboxylic acids is 1. The number of amides is 1. The molecule has 1 saturated heterocycles. The van der Waals surface area contributed by atoms with Crippen molar-refractivity contribution >= 4 is 41.7 Å². The number of ether oxygens (including phenoxy) is 1. The second kappa shape index (κ2) is 11.1. The molecular weight excluding hydrogens is 469 g/mol. The van der Waals surface area contributed by atoms with Crippen molar-refractivity contribution in [2.24, 2.45) is 4.99 Å². The highest BCUT2D eigenvalue weighted by Gasteiger charge is 2.23. The fraction of sp³-hybridized carbons (Fsp3) is 0.500. The Morgan fingerprint density at radius 1 is 1.18 bits per heavy atom. The lowest BCUT2D eigenvalue weighted by molar-refractivity contribution is 0.111. The number of nitrogens with one attached hydrogen (secondary N) is 2. The molecule has 7 nitrogen and oxygen atoms in total. The third-order valence-corrected chi connectivity index (χ3v) is 5.07. The predicted octanol–water partition coefficient (Wildman–Crippen LogP) is 2.58. The molecule has 0 saturated carbocycles. The van der Waals surface area contributed by atoms with E-state index in [-0.39, 0.29) is 30.1 Å². The van der Waals surface area contributed by atoms with Crippen molar-refractivity contribution in [2.45, 2.75) is 25.4 Å². The second-order valence-corrected chi connectivity index (χ2v) is 6.84. The van der Waals surface area contributed by atoms with Gasteiger partial charge in [0.2, 0.25) is 0 Å². The van der Waals surface area contributed by atoms with Crippen LogP contribution >= 0.6 is 24.0 Å². The van der Waals surface area contributed by atoms with E-state index in [0.717, 1.165) is 38.4 Å². The molecule has 0 atom stereocenters. The van der Waals surface area contributed by atoms with Gasteiger partial charge in [-0.25, -0.2) is 4.79 Å². The first kappa shape index (κ1) is 22.3. The molecule has 0 unspecified atom stereocenters. The molecule has 2 N–H and O–H groups in total. The fourth-order valence-corrected chi connectivity index (χ4v) is 3.42. The van der Waals surface area contributed by atoms with Crippen molar-refractivity contribution in [3.05, 3.63) is 42.0 Å². The molecule has 1 aromatic carbocycles. The highest BCUT2D eigenvalue weighted by atomic mass is 127. The summed E-state index contributed by atoms with van der Waals surface area (Å²) in [7, 11) is 3.20. The summed E-state index contributed by atoms with van der Waals surface area (Å²) in [5.74, 6) is 0.791. The van der Waals surface area contributed by atoms with Crippen molar-refractivity contribution in [2.75, 3.05) is 45.2 Å². The van der Waals surface area contributed by atoms with Crippen molar-refractivity contribution in [3.63, 3.8) is 0 Å². The van der Waals surface area contributed by atoms with E-state index < -0.39 is 0 Å². The van der Waals surface area contributed by atoms with E-state index in [4.69, 9.17) is 4.74 Å². The molecule has 2 heterocycles. The number of likely N-dealkylation sites (tertiary alicyclic amines) is 1. The van der Waals surface area contributed by atoms with Crippen LogP contribution in [-0.2, 0) is 11.3 Å². The van der Waals surface area contributed by atoms with E-state index in [9.17, 15) is 4.79 Å². The maximum Gasteiger partial charge on any atom is 0.409 e. The minimum atomic E-state index is -0.246. The molecular formula is C20H30IN5O2. The van der Waals surface area contributed by atoms with E-state index in [1.165, 1.54) is 18.4 Å². The molecule has 1 fully saturated rings. The summed E-state index contributed by atoms with van der Waals surface area (Å²) in [6.07, 6.45) is 5.91. The number of anilines is 1. The standard InChI is InChI=1S/C20H29N5O2.HI/c1-21-19(23-17-9-13-25(14-10-17)20(26)27-2)22-15-16-5-7-18(8-6-16)24-11-3-4-12-24;/h3-8,17H,9-15H2,1-2H3,(H2,21,22,23);1H. The number of methoxy groups -OCH3 is 1.